The number of halogens is 1. The summed E-state index contributed by atoms with van der Waals surface area (Å²) in [6.45, 7) is 1.77. The second-order valence-electron chi connectivity index (χ2n) is 8.31. The summed E-state index contributed by atoms with van der Waals surface area (Å²) < 4.78 is 23.9. The number of piperidine rings is 1. The van der Waals surface area contributed by atoms with Crippen molar-refractivity contribution in [2.75, 3.05) is 31.6 Å². The number of carbonyl (C=O) groups is 3. The number of carbonyl (C=O) groups excluding carboxylic acids is 3. The van der Waals surface area contributed by atoms with Crippen molar-refractivity contribution < 1.29 is 27.9 Å². The molecule has 0 unspecified atom stereocenters. The SMILES string of the molecule is COC(=O)c1c(F)cccc1N1CCC(CNC(=O)C2(NC(=O)c3ccoc3)CC2)CC1. The highest BCUT2D eigenvalue weighted by atomic mass is 19.1. The second-order valence-corrected chi connectivity index (χ2v) is 8.31. The summed E-state index contributed by atoms with van der Waals surface area (Å²) in [5.41, 5.74) is 0.0237. The van der Waals surface area contributed by atoms with Crippen LogP contribution in [0.5, 0.6) is 0 Å². The maximum Gasteiger partial charge on any atom is 0.342 e. The van der Waals surface area contributed by atoms with Crippen LogP contribution in [0, 0.1) is 11.7 Å². The van der Waals surface area contributed by atoms with E-state index in [1.54, 1.807) is 18.2 Å². The molecule has 32 heavy (non-hydrogen) atoms. The van der Waals surface area contributed by atoms with Crippen LogP contribution in [0.4, 0.5) is 10.1 Å². The zero-order chi connectivity index (χ0) is 22.7. The summed E-state index contributed by atoms with van der Waals surface area (Å²) in [4.78, 5) is 38.9. The van der Waals surface area contributed by atoms with Crippen molar-refractivity contribution in [3.63, 3.8) is 0 Å². The predicted molar refractivity (Wildman–Crippen MR) is 114 cm³/mol. The minimum absolute atomic E-state index is 0.0502. The number of ether oxygens (including phenoxy) is 1. The number of rotatable bonds is 7. The molecule has 2 amide bonds. The summed E-state index contributed by atoms with van der Waals surface area (Å²) in [5.74, 6) is -1.53. The molecule has 1 aromatic carbocycles. The first-order valence-corrected chi connectivity index (χ1v) is 10.7. The number of benzene rings is 1. The fourth-order valence-corrected chi connectivity index (χ4v) is 4.08. The van der Waals surface area contributed by atoms with Crippen molar-refractivity contribution in [1.82, 2.24) is 10.6 Å². The van der Waals surface area contributed by atoms with Gasteiger partial charge in [-0.25, -0.2) is 9.18 Å². The summed E-state index contributed by atoms with van der Waals surface area (Å²) in [5, 5.41) is 5.79. The Kier molecular flexibility index (Phi) is 6.16. The van der Waals surface area contributed by atoms with Gasteiger partial charge in [0, 0.05) is 19.6 Å². The molecular formula is C23H26FN3O5. The largest absolute Gasteiger partial charge is 0.472 e. The zero-order valence-corrected chi connectivity index (χ0v) is 17.9. The lowest BCUT2D eigenvalue weighted by molar-refractivity contribution is -0.124. The summed E-state index contributed by atoms with van der Waals surface area (Å²) in [6.07, 6.45) is 5.55. The molecule has 2 fully saturated rings. The van der Waals surface area contributed by atoms with Gasteiger partial charge >= 0.3 is 5.97 Å². The molecule has 8 nitrogen and oxygen atoms in total. The number of furan rings is 1. The third-order valence-electron chi connectivity index (χ3n) is 6.21. The highest BCUT2D eigenvalue weighted by molar-refractivity contribution is 6.00. The summed E-state index contributed by atoms with van der Waals surface area (Å²) in [6, 6.07) is 6.10. The molecule has 170 valence electrons. The van der Waals surface area contributed by atoms with Gasteiger partial charge in [0.05, 0.1) is 24.6 Å². The van der Waals surface area contributed by atoms with E-state index in [2.05, 4.69) is 10.6 Å². The minimum atomic E-state index is -0.841. The Bertz CT molecular complexity index is 995. The van der Waals surface area contributed by atoms with E-state index >= 15 is 0 Å². The Morgan fingerprint density at radius 2 is 1.97 bits per heavy atom. The van der Waals surface area contributed by atoms with Gasteiger partial charge in [0.25, 0.3) is 5.91 Å². The monoisotopic (exact) mass is 443 g/mol. The van der Waals surface area contributed by atoms with Crippen LogP contribution in [0.1, 0.15) is 46.4 Å². The maximum atomic E-state index is 14.2. The van der Waals surface area contributed by atoms with Crippen LogP contribution < -0.4 is 15.5 Å². The topological polar surface area (TPSA) is 101 Å². The molecule has 2 aromatic rings. The Morgan fingerprint density at radius 3 is 2.59 bits per heavy atom. The zero-order valence-electron chi connectivity index (χ0n) is 17.9. The van der Waals surface area contributed by atoms with Crippen molar-refractivity contribution >= 4 is 23.5 Å². The minimum Gasteiger partial charge on any atom is -0.472 e. The highest BCUT2D eigenvalue weighted by Gasteiger charge is 2.51. The molecule has 4 rings (SSSR count). The van der Waals surface area contributed by atoms with Crippen LogP contribution in [0.3, 0.4) is 0 Å². The van der Waals surface area contributed by atoms with Gasteiger partial charge in [0.2, 0.25) is 5.91 Å². The van der Waals surface area contributed by atoms with Gasteiger partial charge < -0.3 is 24.7 Å². The normalized spacial score (nSPS) is 17.5. The van der Waals surface area contributed by atoms with Crippen LogP contribution in [0.15, 0.2) is 41.2 Å². The van der Waals surface area contributed by atoms with Crippen molar-refractivity contribution in [3.8, 4) is 0 Å². The van der Waals surface area contributed by atoms with Crippen LogP contribution in [0.25, 0.3) is 0 Å². The molecule has 0 radical (unpaired) electrons. The van der Waals surface area contributed by atoms with Gasteiger partial charge in [-0.05, 0) is 49.8 Å². The standard InChI is InChI=1S/C23H26FN3O5/c1-31-21(29)19-17(24)3-2-4-18(19)27-10-5-15(6-11-27)13-25-22(30)23(8-9-23)26-20(28)16-7-12-32-14-16/h2-4,7,12,14-15H,5-6,8-11,13H2,1H3,(H,25,30)(H,26,28). The molecule has 1 aliphatic carbocycles. The fraction of sp³-hybridized carbons (Fsp3) is 0.435. The van der Waals surface area contributed by atoms with Crippen LogP contribution in [-0.2, 0) is 9.53 Å². The third kappa shape index (κ3) is 4.46. The van der Waals surface area contributed by atoms with E-state index in [-0.39, 0.29) is 23.3 Å². The van der Waals surface area contributed by atoms with E-state index in [0.717, 1.165) is 12.8 Å². The Morgan fingerprint density at radius 1 is 1.22 bits per heavy atom. The van der Waals surface area contributed by atoms with Gasteiger partial charge in [-0.1, -0.05) is 6.07 Å². The summed E-state index contributed by atoms with van der Waals surface area (Å²) >= 11 is 0. The fourth-order valence-electron chi connectivity index (χ4n) is 4.08. The molecular weight excluding hydrogens is 417 g/mol. The lowest BCUT2D eigenvalue weighted by atomic mass is 9.95. The predicted octanol–water partition coefficient (Wildman–Crippen LogP) is 2.50. The van der Waals surface area contributed by atoms with Crippen molar-refractivity contribution in [2.24, 2.45) is 5.92 Å². The van der Waals surface area contributed by atoms with E-state index in [1.807, 2.05) is 4.90 Å². The lowest BCUT2D eigenvalue weighted by Crippen LogP contribution is -2.50. The molecule has 1 aromatic heterocycles. The molecule has 2 aliphatic rings. The first-order chi connectivity index (χ1) is 15.4. The van der Waals surface area contributed by atoms with Gasteiger partial charge in [-0.2, -0.15) is 0 Å². The quantitative estimate of drug-likeness (QED) is 0.638. The molecule has 2 N–H and O–H groups in total. The molecule has 1 saturated carbocycles. The van der Waals surface area contributed by atoms with Crippen molar-refractivity contribution in [3.05, 3.63) is 53.7 Å². The highest BCUT2D eigenvalue weighted by Crippen LogP contribution is 2.36. The number of methoxy groups -OCH3 is 1. The van der Waals surface area contributed by atoms with Gasteiger partial charge in [-0.3, -0.25) is 9.59 Å². The number of hydrogen-bond donors (Lipinski definition) is 2. The van der Waals surface area contributed by atoms with E-state index < -0.39 is 17.3 Å². The first-order valence-electron chi connectivity index (χ1n) is 10.7. The first kappa shape index (κ1) is 21.9. The average molecular weight is 443 g/mol. The Hall–Kier alpha value is -3.36. The van der Waals surface area contributed by atoms with E-state index in [0.29, 0.717) is 43.7 Å². The molecule has 0 atom stereocenters. The Balaban J connectivity index is 1.29. The van der Waals surface area contributed by atoms with Crippen LogP contribution >= 0.6 is 0 Å². The molecule has 2 heterocycles. The number of esters is 1. The average Bonchev–Trinajstić information content (AvgIpc) is 3.37. The summed E-state index contributed by atoms with van der Waals surface area (Å²) in [7, 11) is 1.23. The van der Waals surface area contributed by atoms with Gasteiger partial charge in [0.15, 0.2) is 0 Å². The number of nitrogens with one attached hydrogen (secondary N) is 2. The van der Waals surface area contributed by atoms with Crippen molar-refractivity contribution in [2.45, 2.75) is 31.2 Å². The lowest BCUT2D eigenvalue weighted by Gasteiger charge is -2.34. The number of nitrogens with zero attached hydrogens (tertiary/aromatic N) is 1. The second kappa shape index (κ2) is 9.02. The molecule has 1 saturated heterocycles. The molecule has 1 aliphatic heterocycles. The third-order valence-corrected chi connectivity index (χ3v) is 6.21. The Labute approximate surface area is 185 Å². The molecule has 0 bridgehead atoms. The number of anilines is 1. The van der Waals surface area contributed by atoms with E-state index in [9.17, 15) is 18.8 Å². The number of amides is 2. The molecule has 0 spiro atoms. The van der Waals surface area contributed by atoms with Crippen LogP contribution in [0.2, 0.25) is 0 Å². The van der Waals surface area contributed by atoms with E-state index in [4.69, 9.17) is 9.15 Å². The van der Waals surface area contributed by atoms with Crippen LogP contribution in [-0.4, -0.2) is 50.1 Å². The van der Waals surface area contributed by atoms with E-state index in [1.165, 1.54) is 25.7 Å². The van der Waals surface area contributed by atoms with Gasteiger partial charge in [0.1, 0.15) is 23.2 Å². The molecule has 9 heteroatoms. The smallest absolute Gasteiger partial charge is 0.342 e. The maximum absolute atomic E-state index is 14.2. The number of hydrogen-bond acceptors (Lipinski definition) is 6. The van der Waals surface area contributed by atoms with Gasteiger partial charge in [-0.15, -0.1) is 0 Å². The van der Waals surface area contributed by atoms with Crippen molar-refractivity contribution in [1.29, 1.82) is 0 Å².